The zero-order valence-corrected chi connectivity index (χ0v) is 16.1. The summed E-state index contributed by atoms with van der Waals surface area (Å²) in [7, 11) is 0. The first-order valence-corrected chi connectivity index (χ1v) is 9.15. The monoisotopic (exact) mass is 401 g/mol. The van der Waals surface area contributed by atoms with Crippen LogP contribution in [0.25, 0.3) is 22.0 Å². The summed E-state index contributed by atoms with van der Waals surface area (Å²) in [6.45, 7) is 1.81. The van der Waals surface area contributed by atoms with Crippen molar-refractivity contribution in [2.45, 2.75) is 13.3 Å². The highest BCUT2D eigenvalue weighted by Crippen LogP contribution is 2.35. The van der Waals surface area contributed by atoms with Gasteiger partial charge in [-0.2, -0.15) is 0 Å². The standard InChI is InChI=1S/C21H17Cl2NO3/c1-2-5-19(25)27-11-10-15-20(14-6-3-4-7-17(14)23)16-12-13(22)8-9-18(16)24-21(15)26/h2-9,12H,10-11H2,1H3,(H,24,26)/b5-2+. The minimum absolute atomic E-state index is 0.0791. The lowest BCUT2D eigenvalue weighted by molar-refractivity contribution is -0.137. The molecule has 0 unspecified atom stereocenters. The van der Waals surface area contributed by atoms with E-state index in [1.165, 1.54) is 6.08 Å². The lowest BCUT2D eigenvalue weighted by atomic mass is 9.94. The number of ether oxygens (including phenoxy) is 1. The lowest BCUT2D eigenvalue weighted by Crippen LogP contribution is -2.17. The minimum atomic E-state index is -0.447. The maximum Gasteiger partial charge on any atom is 0.330 e. The summed E-state index contributed by atoms with van der Waals surface area (Å²) in [5, 5.41) is 1.86. The summed E-state index contributed by atoms with van der Waals surface area (Å²) in [4.78, 5) is 27.2. The number of pyridine rings is 1. The van der Waals surface area contributed by atoms with Crippen molar-refractivity contribution >= 4 is 40.1 Å². The second kappa shape index (κ2) is 8.42. The average Bonchev–Trinajstić information content (AvgIpc) is 2.63. The van der Waals surface area contributed by atoms with Crippen molar-refractivity contribution in [2.75, 3.05) is 6.61 Å². The fraction of sp³-hybridized carbons (Fsp3) is 0.143. The van der Waals surface area contributed by atoms with E-state index in [-0.39, 0.29) is 18.6 Å². The van der Waals surface area contributed by atoms with Crippen molar-refractivity contribution in [2.24, 2.45) is 0 Å². The average molecular weight is 402 g/mol. The number of H-pyrrole nitrogens is 1. The Balaban J connectivity index is 2.15. The van der Waals surface area contributed by atoms with Gasteiger partial charge in [0.2, 0.25) is 0 Å². The van der Waals surface area contributed by atoms with Crippen LogP contribution in [-0.4, -0.2) is 17.6 Å². The van der Waals surface area contributed by atoms with Gasteiger partial charge in [0.05, 0.1) is 6.61 Å². The Hall–Kier alpha value is -2.56. The van der Waals surface area contributed by atoms with Crippen LogP contribution in [0, 0.1) is 0 Å². The number of aromatic nitrogens is 1. The molecule has 0 fully saturated rings. The molecule has 3 aromatic rings. The molecule has 0 saturated heterocycles. The molecule has 0 radical (unpaired) electrons. The molecule has 0 aliphatic carbocycles. The molecule has 1 N–H and O–H groups in total. The summed E-state index contributed by atoms with van der Waals surface area (Å²) >= 11 is 12.6. The third-order valence-corrected chi connectivity index (χ3v) is 4.68. The van der Waals surface area contributed by atoms with E-state index in [9.17, 15) is 9.59 Å². The number of allylic oxidation sites excluding steroid dienone is 1. The molecule has 1 heterocycles. The normalized spacial score (nSPS) is 11.2. The van der Waals surface area contributed by atoms with Gasteiger partial charge < -0.3 is 9.72 Å². The molecule has 4 nitrogen and oxygen atoms in total. The van der Waals surface area contributed by atoms with Gasteiger partial charge in [-0.15, -0.1) is 0 Å². The predicted molar refractivity (Wildman–Crippen MR) is 110 cm³/mol. The Morgan fingerprint density at radius 2 is 1.96 bits per heavy atom. The van der Waals surface area contributed by atoms with Crippen molar-refractivity contribution in [3.63, 3.8) is 0 Å². The van der Waals surface area contributed by atoms with Crippen molar-refractivity contribution in [1.29, 1.82) is 0 Å². The zero-order chi connectivity index (χ0) is 19.4. The Morgan fingerprint density at radius 3 is 2.70 bits per heavy atom. The number of benzene rings is 2. The van der Waals surface area contributed by atoms with Gasteiger partial charge in [-0.3, -0.25) is 4.79 Å². The highest BCUT2D eigenvalue weighted by atomic mass is 35.5. The summed E-state index contributed by atoms with van der Waals surface area (Å²) in [6.07, 6.45) is 3.18. The Kier molecular flexibility index (Phi) is 5.99. The van der Waals surface area contributed by atoms with Gasteiger partial charge in [-0.1, -0.05) is 47.5 Å². The number of halogens is 2. The second-order valence-electron chi connectivity index (χ2n) is 5.89. The molecule has 0 spiro atoms. The van der Waals surface area contributed by atoms with Gasteiger partial charge in [0, 0.05) is 50.1 Å². The van der Waals surface area contributed by atoms with E-state index in [0.717, 1.165) is 10.9 Å². The number of fused-ring (bicyclic) bond motifs is 1. The highest BCUT2D eigenvalue weighted by molar-refractivity contribution is 6.34. The Morgan fingerprint density at radius 1 is 1.19 bits per heavy atom. The largest absolute Gasteiger partial charge is 0.462 e. The van der Waals surface area contributed by atoms with Crippen LogP contribution in [0.3, 0.4) is 0 Å². The summed E-state index contributed by atoms with van der Waals surface area (Å²) in [6, 6.07) is 12.6. The fourth-order valence-electron chi connectivity index (χ4n) is 2.95. The molecule has 0 aliphatic rings. The highest BCUT2D eigenvalue weighted by Gasteiger charge is 2.17. The maximum atomic E-state index is 12.7. The first-order valence-electron chi connectivity index (χ1n) is 8.40. The molecule has 0 aliphatic heterocycles. The van der Waals surface area contributed by atoms with E-state index in [4.69, 9.17) is 27.9 Å². The van der Waals surface area contributed by atoms with Gasteiger partial charge in [-0.25, -0.2) is 4.79 Å². The van der Waals surface area contributed by atoms with Crippen LogP contribution in [0.1, 0.15) is 12.5 Å². The van der Waals surface area contributed by atoms with E-state index in [0.29, 0.717) is 26.7 Å². The number of hydrogen-bond acceptors (Lipinski definition) is 3. The number of esters is 1. The zero-order valence-electron chi connectivity index (χ0n) is 14.6. The molecule has 3 rings (SSSR count). The number of hydrogen-bond donors (Lipinski definition) is 1. The van der Waals surface area contributed by atoms with Crippen LogP contribution >= 0.6 is 23.2 Å². The van der Waals surface area contributed by atoms with Crippen LogP contribution in [0.5, 0.6) is 0 Å². The molecule has 0 atom stereocenters. The van der Waals surface area contributed by atoms with Crippen LogP contribution in [0.4, 0.5) is 0 Å². The molecule has 6 heteroatoms. The van der Waals surface area contributed by atoms with Gasteiger partial charge >= 0.3 is 5.97 Å². The fourth-order valence-corrected chi connectivity index (χ4v) is 3.36. The quantitative estimate of drug-likeness (QED) is 0.474. The number of rotatable bonds is 5. The maximum absolute atomic E-state index is 12.7. The molecule has 0 amide bonds. The molecule has 1 aromatic heterocycles. The van der Waals surface area contributed by atoms with E-state index < -0.39 is 5.97 Å². The predicted octanol–water partition coefficient (Wildman–Crippen LogP) is 5.16. The van der Waals surface area contributed by atoms with Crippen molar-refractivity contribution < 1.29 is 9.53 Å². The molecule has 138 valence electrons. The van der Waals surface area contributed by atoms with Gasteiger partial charge in [0.1, 0.15) is 0 Å². The molecule has 0 saturated carbocycles. The van der Waals surface area contributed by atoms with E-state index in [1.807, 2.05) is 18.2 Å². The van der Waals surface area contributed by atoms with Gasteiger partial charge in [-0.05, 0) is 31.2 Å². The molecular weight excluding hydrogens is 385 g/mol. The Bertz CT molecular complexity index is 1090. The Labute approximate surface area is 166 Å². The van der Waals surface area contributed by atoms with Gasteiger partial charge in [0.15, 0.2) is 0 Å². The first kappa shape index (κ1) is 19.2. The smallest absolute Gasteiger partial charge is 0.330 e. The first-order chi connectivity index (χ1) is 13.0. The van der Waals surface area contributed by atoms with Crippen molar-refractivity contribution in [1.82, 2.24) is 4.98 Å². The molecular formula is C21H17Cl2NO3. The van der Waals surface area contributed by atoms with Crippen LogP contribution in [-0.2, 0) is 16.0 Å². The second-order valence-corrected chi connectivity index (χ2v) is 6.74. The number of aromatic amines is 1. The molecule has 0 bridgehead atoms. The van der Waals surface area contributed by atoms with Crippen molar-refractivity contribution in [3.05, 3.63) is 80.6 Å². The minimum Gasteiger partial charge on any atom is -0.462 e. The molecule has 2 aromatic carbocycles. The summed E-state index contributed by atoms with van der Waals surface area (Å²) < 4.78 is 5.16. The number of carbonyl (C=O) groups excluding carboxylic acids is 1. The van der Waals surface area contributed by atoms with Crippen molar-refractivity contribution in [3.8, 4) is 11.1 Å². The van der Waals surface area contributed by atoms with Crippen LogP contribution in [0.2, 0.25) is 10.0 Å². The van der Waals surface area contributed by atoms with Crippen LogP contribution < -0.4 is 5.56 Å². The number of carbonyl (C=O) groups is 1. The van der Waals surface area contributed by atoms with E-state index in [1.54, 1.807) is 37.3 Å². The summed E-state index contributed by atoms with van der Waals surface area (Å²) in [5.74, 6) is -0.447. The topological polar surface area (TPSA) is 59.2 Å². The van der Waals surface area contributed by atoms with E-state index >= 15 is 0 Å². The lowest BCUT2D eigenvalue weighted by Gasteiger charge is -2.14. The third kappa shape index (κ3) is 4.24. The molecule has 27 heavy (non-hydrogen) atoms. The van der Waals surface area contributed by atoms with E-state index in [2.05, 4.69) is 4.98 Å². The third-order valence-electron chi connectivity index (χ3n) is 4.12. The van der Waals surface area contributed by atoms with Crippen LogP contribution in [0.15, 0.2) is 59.4 Å². The number of nitrogens with one attached hydrogen (secondary N) is 1. The SMILES string of the molecule is C/C=C/C(=O)OCCc1c(-c2ccccc2Cl)c2cc(Cl)ccc2[nH]c1=O. The summed E-state index contributed by atoms with van der Waals surface area (Å²) in [5.41, 5.74) is 2.33. The van der Waals surface area contributed by atoms with Gasteiger partial charge in [0.25, 0.3) is 5.56 Å².